The predicted molar refractivity (Wildman–Crippen MR) is 107 cm³/mol. The van der Waals surface area contributed by atoms with E-state index in [9.17, 15) is 4.79 Å². The third kappa shape index (κ3) is 6.72. The third-order valence-electron chi connectivity index (χ3n) is 3.41. The highest BCUT2D eigenvalue weighted by atomic mass is 35.5. The molecular formula is C19H21ClN2O2S. The summed E-state index contributed by atoms with van der Waals surface area (Å²) in [5.74, 6) is 1.07. The number of rotatable bonds is 6. The number of nitrogens with one attached hydrogen (secondary N) is 2. The van der Waals surface area contributed by atoms with Crippen molar-refractivity contribution < 1.29 is 9.53 Å². The maximum atomic E-state index is 12.2. The van der Waals surface area contributed by atoms with Gasteiger partial charge in [-0.3, -0.25) is 10.1 Å². The second kappa shape index (κ2) is 9.39. The summed E-state index contributed by atoms with van der Waals surface area (Å²) < 4.78 is 5.64. The highest BCUT2D eigenvalue weighted by Gasteiger charge is 2.08. The van der Waals surface area contributed by atoms with Crippen molar-refractivity contribution >= 4 is 40.5 Å². The second-order valence-electron chi connectivity index (χ2n) is 5.97. The van der Waals surface area contributed by atoms with E-state index in [0.29, 0.717) is 23.1 Å². The second-order valence-corrected chi connectivity index (χ2v) is 6.82. The molecule has 0 radical (unpaired) electrons. The van der Waals surface area contributed by atoms with Crippen molar-refractivity contribution in [1.82, 2.24) is 5.32 Å². The van der Waals surface area contributed by atoms with Gasteiger partial charge in [-0.15, -0.1) is 0 Å². The Hall–Kier alpha value is -2.11. The molecule has 4 nitrogen and oxygen atoms in total. The summed E-state index contributed by atoms with van der Waals surface area (Å²) in [5, 5.41) is 6.44. The summed E-state index contributed by atoms with van der Waals surface area (Å²) in [6.07, 6.45) is 0.993. The lowest BCUT2D eigenvalue weighted by atomic mass is 10.1. The highest BCUT2D eigenvalue weighted by molar-refractivity contribution is 7.80. The number of carbonyl (C=O) groups is 1. The summed E-state index contributed by atoms with van der Waals surface area (Å²) in [5.41, 5.74) is 1.26. The summed E-state index contributed by atoms with van der Waals surface area (Å²) in [6.45, 7) is 4.97. The van der Waals surface area contributed by atoms with Gasteiger partial charge in [0.25, 0.3) is 5.91 Å². The summed E-state index contributed by atoms with van der Waals surface area (Å²) in [6, 6.07) is 14.0. The van der Waals surface area contributed by atoms with Crippen molar-refractivity contribution in [2.45, 2.75) is 20.3 Å². The van der Waals surface area contributed by atoms with Gasteiger partial charge in [0.05, 0.1) is 6.61 Å². The number of hydrogen-bond acceptors (Lipinski definition) is 3. The van der Waals surface area contributed by atoms with Crippen LogP contribution < -0.4 is 15.4 Å². The van der Waals surface area contributed by atoms with Gasteiger partial charge >= 0.3 is 0 Å². The fourth-order valence-corrected chi connectivity index (χ4v) is 2.32. The van der Waals surface area contributed by atoms with Crippen molar-refractivity contribution in [1.29, 1.82) is 0 Å². The molecule has 2 aromatic carbocycles. The van der Waals surface area contributed by atoms with Gasteiger partial charge < -0.3 is 10.1 Å². The van der Waals surface area contributed by atoms with E-state index in [1.54, 1.807) is 48.5 Å². The molecule has 0 aliphatic carbocycles. The number of ether oxygens (including phenoxy) is 1. The van der Waals surface area contributed by atoms with Crippen molar-refractivity contribution in [3.8, 4) is 5.75 Å². The number of halogens is 1. The summed E-state index contributed by atoms with van der Waals surface area (Å²) >= 11 is 11.0. The monoisotopic (exact) mass is 376 g/mol. The van der Waals surface area contributed by atoms with Crippen molar-refractivity contribution in [3.63, 3.8) is 0 Å². The fraction of sp³-hybridized carbons (Fsp3) is 0.263. The number of thiocarbonyl (C=S) groups is 1. The Kier molecular flexibility index (Phi) is 7.22. The van der Waals surface area contributed by atoms with E-state index in [0.717, 1.165) is 17.9 Å². The lowest BCUT2D eigenvalue weighted by Crippen LogP contribution is -2.34. The molecule has 0 aliphatic rings. The Labute approximate surface area is 158 Å². The molecule has 0 saturated heterocycles. The first kappa shape index (κ1) is 19.2. The SMILES string of the molecule is CC(C)CCOc1ccc(C(=O)NC(=S)Nc2ccc(Cl)cc2)cc1. The number of hydrogen-bond donors (Lipinski definition) is 2. The minimum atomic E-state index is -0.278. The molecule has 2 rings (SSSR count). The average Bonchev–Trinajstić information content (AvgIpc) is 2.57. The first-order valence-electron chi connectivity index (χ1n) is 8.05. The van der Waals surface area contributed by atoms with E-state index in [2.05, 4.69) is 24.5 Å². The van der Waals surface area contributed by atoms with Crippen LogP contribution in [0.3, 0.4) is 0 Å². The molecule has 0 unspecified atom stereocenters. The molecular weight excluding hydrogens is 356 g/mol. The van der Waals surface area contributed by atoms with Crippen LogP contribution in [0.1, 0.15) is 30.6 Å². The third-order valence-corrected chi connectivity index (χ3v) is 3.87. The number of anilines is 1. The molecule has 25 heavy (non-hydrogen) atoms. The van der Waals surface area contributed by atoms with E-state index < -0.39 is 0 Å². The molecule has 132 valence electrons. The molecule has 0 spiro atoms. The molecule has 0 atom stereocenters. The number of carbonyl (C=O) groups excluding carboxylic acids is 1. The van der Waals surface area contributed by atoms with Crippen molar-refractivity contribution in [2.24, 2.45) is 5.92 Å². The Balaban J connectivity index is 1.85. The van der Waals surface area contributed by atoms with Gasteiger partial charge in [-0.2, -0.15) is 0 Å². The van der Waals surface area contributed by atoms with E-state index in [1.807, 2.05) is 0 Å². The zero-order valence-electron chi connectivity index (χ0n) is 14.2. The van der Waals surface area contributed by atoms with Crippen LogP contribution in [0.4, 0.5) is 5.69 Å². The summed E-state index contributed by atoms with van der Waals surface area (Å²) in [7, 11) is 0. The maximum Gasteiger partial charge on any atom is 0.257 e. The molecule has 0 bridgehead atoms. The van der Waals surface area contributed by atoms with Crippen LogP contribution in [0.25, 0.3) is 0 Å². The van der Waals surface area contributed by atoms with E-state index in [-0.39, 0.29) is 11.0 Å². The van der Waals surface area contributed by atoms with Crippen molar-refractivity contribution in [3.05, 3.63) is 59.1 Å². The molecule has 6 heteroatoms. The zero-order chi connectivity index (χ0) is 18.2. The molecule has 2 N–H and O–H groups in total. The Morgan fingerprint density at radius 3 is 2.36 bits per heavy atom. The molecule has 1 amide bonds. The van der Waals surface area contributed by atoms with Crippen LogP contribution in [0.15, 0.2) is 48.5 Å². The zero-order valence-corrected chi connectivity index (χ0v) is 15.8. The maximum absolute atomic E-state index is 12.2. The lowest BCUT2D eigenvalue weighted by Gasteiger charge is -2.11. The Morgan fingerprint density at radius 1 is 1.12 bits per heavy atom. The van der Waals surface area contributed by atoms with Crippen LogP contribution in [0, 0.1) is 5.92 Å². The molecule has 0 heterocycles. The quantitative estimate of drug-likeness (QED) is 0.704. The van der Waals surface area contributed by atoms with Crippen LogP contribution in [0.2, 0.25) is 5.02 Å². The Morgan fingerprint density at radius 2 is 1.76 bits per heavy atom. The molecule has 0 fully saturated rings. The van der Waals surface area contributed by atoms with Gasteiger partial charge in [-0.25, -0.2) is 0 Å². The van der Waals surface area contributed by atoms with E-state index >= 15 is 0 Å². The molecule has 0 aliphatic heterocycles. The van der Waals surface area contributed by atoms with Crippen LogP contribution in [-0.4, -0.2) is 17.6 Å². The van der Waals surface area contributed by atoms with E-state index in [1.165, 1.54) is 0 Å². The molecule has 0 saturated carbocycles. The van der Waals surface area contributed by atoms with Crippen LogP contribution >= 0.6 is 23.8 Å². The predicted octanol–water partition coefficient (Wildman–Crippen LogP) is 4.89. The van der Waals surface area contributed by atoms with Gasteiger partial charge in [0, 0.05) is 16.3 Å². The number of benzene rings is 2. The van der Waals surface area contributed by atoms with Gasteiger partial charge in [0.2, 0.25) is 0 Å². The number of amides is 1. The van der Waals surface area contributed by atoms with E-state index in [4.69, 9.17) is 28.6 Å². The van der Waals surface area contributed by atoms with Gasteiger partial charge in [0.1, 0.15) is 5.75 Å². The Bertz CT molecular complexity index is 715. The smallest absolute Gasteiger partial charge is 0.257 e. The van der Waals surface area contributed by atoms with Crippen LogP contribution in [0.5, 0.6) is 5.75 Å². The fourth-order valence-electron chi connectivity index (χ4n) is 1.99. The largest absolute Gasteiger partial charge is 0.494 e. The molecule has 0 aromatic heterocycles. The summed E-state index contributed by atoms with van der Waals surface area (Å²) in [4.78, 5) is 12.2. The normalized spacial score (nSPS) is 10.4. The van der Waals surface area contributed by atoms with Crippen LogP contribution in [-0.2, 0) is 0 Å². The van der Waals surface area contributed by atoms with Gasteiger partial charge in [-0.1, -0.05) is 25.4 Å². The highest BCUT2D eigenvalue weighted by Crippen LogP contribution is 2.15. The van der Waals surface area contributed by atoms with Gasteiger partial charge in [-0.05, 0) is 73.1 Å². The molecule has 2 aromatic rings. The average molecular weight is 377 g/mol. The standard InChI is InChI=1S/C19H21ClN2O2S/c1-13(2)11-12-24-17-9-3-14(4-10-17)18(23)22-19(25)21-16-7-5-15(20)6-8-16/h3-10,13H,11-12H2,1-2H3,(H2,21,22,23,25). The lowest BCUT2D eigenvalue weighted by molar-refractivity contribution is 0.0977. The first-order valence-corrected chi connectivity index (χ1v) is 8.83. The van der Waals surface area contributed by atoms with Gasteiger partial charge in [0.15, 0.2) is 5.11 Å². The first-order chi connectivity index (χ1) is 11.9. The minimum absolute atomic E-state index is 0.226. The topological polar surface area (TPSA) is 50.4 Å². The minimum Gasteiger partial charge on any atom is -0.494 e. The van der Waals surface area contributed by atoms with Crippen molar-refractivity contribution in [2.75, 3.05) is 11.9 Å².